The Bertz CT molecular complexity index is 570. The van der Waals surface area contributed by atoms with Crippen molar-refractivity contribution in [1.29, 1.82) is 0 Å². The van der Waals surface area contributed by atoms with Crippen LogP contribution in [0.5, 0.6) is 5.75 Å². The molecule has 1 aromatic carbocycles. The van der Waals surface area contributed by atoms with Crippen molar-refractivity contribution in [2.75, 3.05) is 13.6 Å². The lowest BCUT2D eigenvalue weighted by molar-refractivity contribution is -0.125. The fraction of sp³-hybridized carbons (Fsp3) is 0.632. The normalized spacial score (nSPS) is 24.8. The van der Waals surface area contributed by atoms with Gasteiger partial charge in [0.1, 0.15) is 11.9 Å². The second kappa shape index (κ2) is 6.52. The fourth-order valence-corrected chi connectivity index (χ4v) is 3.77. The second-order valence-electron chi connectivity index (χ2n) is 7.50. The average Bonchev–Trinajstić information content (AvgIpc) is 2.91. The Balaban J connectivity index is 1.59. The van der Waals surface area contributed by atoms with Gasteiger partial charge in [-0.2, -0.15) is 0 Å². The Morgan fingerprint density at radius 3 is 2.87 bits per heavy atom. The molecule has 0 saturated carbocycles. The quantitative estimate of drug-likeness (QED) is 0.929. The Morgan fingerprint density at radius 1 is 1.35 bits per heavy atom. The number of hydrogen-bond acceptors (Lipinski definition) is 3. The highest BCUT2D eigenvalue weighted by Gasteiger charge is 2.36. The molecule has 1 saturated heterocycles. The molecule has 0 spiro atoms. The van der Waals surface area contributed by atoms with Crippen molar-refractivity contribution in [1.82, 2.24) is 10.2 Å². The summed E-state index contributed by atoms with van der Waals surface area (Å²) in [5.74, 6) is 1.10. The van der Waals surface area contributed by atoms with Crippen LogP contribution in [0.2, 0.25) is 0 Å². The molecule has 23 heavy (non-hydrogen) atoms. The molecule has 0 radical (unpaired) electrons. The predicted molar refractivity (Wildman–Crippen MR) is 91.7 cm³/mol. The number of carbonyl (C=O) groups excluding carboxylic acids is 1. The lowest BCUT2D eigenvalue weighted by Gasteiger charge is -2.38. The summed E-state index contributed by atoms with van der Waals surface area (Å²) in [6.45, 7) is 5.24. The minimum absolute atomic E-state index is 0.0163. The van der Waals surface area contributed by atoms with Crippen LogP contribution in [0.4, 0.5) is 0 Å². The van der Waals surface area contributed by atoms with Gasteiger partial charge in [-0.05, 0) is 64.8 Å². The van der Waals surface area contributed by atoms with Crippen molar-refractivity contribution in [2.24, 2.45) is 0 Å². The molecule has 0 aliphatic carbocycles. The number of hydrogen-bond donors (Lipinski definition) is 1. The minimum Gasteiger partial charge on any atom is -0.488 e. The molecule has 2 atom stereocenters. The third-order valence-corrected chi connectivity index (χ3v) is 5.28. The molecule has 1 N–H and O–H groups in total. The van der Waals surface area contributed by atoms with E-state index in [0.717, 1.165) is 31.6 Å². The number of benzene rings is 1. The van der Waals surface area contributed by atoms with Crippen LogP contribution in [-0.2, 0) is 11.2 Å². The summed E-state index contributed by atoms with van der Waals surface area (Å²) in [4.78, 5) is 14.7. The first kappa shape index (κ1) is 16.3. The maximum Gasteiger partial charge on any atom is 0.222 e. The van der Waals surface area contributed by atoms with Gasteiger partial charge in [0.25, 0.3) is 0 Å². The number of fused-ring (bicyclic) bond motifs is 1. The van der Waals surface area contributed by atoms with E-state index in [1.54, 1.807) is 0 Å². The van der Waals surface area contributed by atoms with Crippen LogP contribution in [0.1, 0.15) is 45.1 Å². The van der Waals surface area contributed by atoms with E-state index in [-0.39, 0.29) is 17.6 Å². The highest BCUT2D eigenvalue weighted by molar-refractivity contribution is 5.77. The van der Waals surface area contributed by atoms with Crippen LogP contribution < -0.4 is 10.1 Å². The van der Waals surface area contributed by atoms with E-state index in [1.165, 1.54) is 12.0 Å². The third kappa shape index (κ3) is 3.69. The maximum absolute atomic E-state index is 12.5. The standard InChI is InChI=1S/C19H28N2O2/c1-19(2,20-18(22)13-15-8-6-12-21(15)3)17-11-10-14-7-4-5-9-16(14)23-17/h4-5,7,9,15,17H,6,8,10-13H2,1-3H3,(H,20,22)/t15-,17-/m0/s1. The van der Waals surface area contributed by atoms with Gasteiger partial charge in [0, 0.05) is 12.5 Å². The summed E-state index contributed by atoms with van der Waals surface area (Å²) in [7, 11) is 2.11. The molecule has 2 aliphatic rings. The third-order valence-electron chi connectivity index (χ3n) is 5.28. The number of nitrogens with zero attached hydrogens (tertiary/aromatic N) is 1. The number of carbonyl (C=O) groups is 1. The number of likely N-dealkylation sites (tertiary alicyclic amines) is 1. The molecular formula is C19H28N2O2. The first-order chi connectivity index (χ1) is 11.0. The largest absolute Gasteiger partial charge is 0.488 e. The van der Waals surface area contributed by atoms with Gasteiger partial charge >= 0.3 is 0 Å². The molecule has 1 aromatic rings. The molecule has 0 bridgehead atoms. The first-order valence-corrected chi connectivity index (χ1v) is 8.71. The summed E-state index contributed by atoms with van der Waals surface area (Å²) in [6, 6.07) is 8.58. The molecule has 126 valence electrons. The average molecular weight is 316 g/mol. The molecular weight excluding hydrogens is 288 g/mol. The number of amides is 1. The molecule has 1 fully saturated rings. The summed E-state index contributed by atoms with van der Waals surface area (Å²) >= 11 is 0. The van der Waals surface area contributed by atoms with Gasteiger partial charge in [0.05, 0.1) is 5.54 Å². The number of para-hydroxylation sites is 1. The van der Waals surface area contributed by atoms with E-state index >= 15 is 0 Å². The van der Waals surface area contributed by atoms with Gasteiger partial charge in [-0.25, -0.2) is 0 Å². The van der Waals surface area contributed by atoms with Gasteiger partial charge in [-0.1, -0.05) is 18.2 Å². The van der Waals surface area contributed by atoms with Crippen LogP contribution in [0.15, 0.2) is 24.3 Å². The van der Waals surface area contributed by atoms with Gasteiger partial charge < -0.3 is 15.0 Å². The molecule has 4 heteroatoms. The smallest absolute Gasteiger partial charge is 0.222 e. The van der Waals surface area contributed by atoms with Gasteiger partial charge in [0.2, 0.25) is 5.91 Å². The Kier molecular flexibility index (Phi) is 4.62. The molecule has 2 heterocycles. The van der Waals surface area contributed by atoms with Crippen LogP contribution >= 0.6 is 0 Å². The maximum atomic E-state index is 12.5. The first-order valence-electron chi connectivity index (χ1n) is 8.71. The number of ether oxygens (including phenoxy) is 1. The second-order valence-corrected chi connectivity index (χ2v) is 7.50. The zero-order valence-corrected chi connectivity index (χ0v) is 14.5. The minimum atomic E-state index is -0.359. The SMILES string of the molecule is CN1CCC[C@H]1CC(=O)NC(C)(C)[C@@H]1CCc2ccccc2O1. The summed E-state index contributed by atoms with van der Waals surface area (Å²) in [5.41, 5.74) is 0.903. The van der Waals surface area contributed by atoms with Crippen LogP contribution in [-0.4, -0.2) is 42.1 Å². The molecule has 3 rings (SSSR count). The van der Waals surface area contributed by atoms with Crippen LogP contribution in [0.25, 0.3) is 0 Å². The number of rotatable bonds is 4. The van der Waals surface area contributed by atoms with Crippen molar-refractivity contribution in [2.45, 2.75) is 63.6 Å². The zero-order chi connectivity index (χ0) is 16.4. The van der Waals surface area contributed by atoms with Crippen molar-refractivity contribution >= 4 is 5.91 Å². The summed E-state index contributed by atoms with van der Waals surface area (Å²) in [6.07, 6.45) is 4.86. The highest BCUT2D eigenvalue weighted by Crippen LogP contribution is 2.31. The van der Waals surface area contributed by atoms with Crippen molar-refractivity contribution in [3.05, 3.63) is 29.8 Å². The molecule has 2 aliphatic heterocycles. The van der Waals surface area contributed by atoms with Gasteiger partial charge in [-0.3, -0.25) is 4.79 Å². The molecule has 4 nitrogen and oxygen atoms in total. The fourth-order valence-electron chi connectivity index (χ4n) is 3.77. The van der Waals surface area contributed by atoms with Gasteiger partial charge in [0.15, 0.2) is 0 Å². The lowest BCUT2D eigenvalue weighted by Crippen LogP contribution is -2.55. The Labute approximate surface area is 139 Å². The molecule has 1 amide bonds. The Morgan fingerprint density at radius 2 is 2.13 bits per heavy atom. The summed E-state index contributed by atoms with van der Waals surface area (Å²) < 4.78 is 6.16. The van der Waals surface area contributed by atoms with E-state index in [0.29, 0.717) is 12.5 Å². The van der Waals surface area contributed by atoms with E-state index in [1.807, 2.05) is 18.2 Å². The van der Waals surface area contributed by atoms with E-state index in [4.69, 9.17) is 4.74 Å². The topological polar surface area (TPSA) is 41.6 Å². The van der Waals surface area contributed by atoms with E-state index in [2.05, 4.69) is 37.2 Å². The van der Waals surface area contributed by atoms with E-state index in [9.17, 15) is 4.79 Å². The lowest BCUT2D eigenvalue weighted by atomic mass is 9.89. The van der Waals surface area contributed by atoms with Crippen LogP contribution in [0, 0.1) is 0 Å². The Hall–Kier alpha value is -1.55. The van der Waals surface area contributed by atoms with Crippen molar-refractivity contribution in [3.8, 4) is 5.75 Å². The van der Waals surface area contributed by atoms with Crippen molar-refractivity contribution in [3.63, 3.8) is 0 Å². The van der Waals surface area contributed by atoms with Crippen LogP contribution in [0.3, 0.4) is 0 Å². The van der Waals surface area contributed by atoms with E-state index < -0.39 is 0 Å². The highest BCUT2D eigenvalue weighted by atomic mass is 16.5. The molecule has 0 aromatic heterocycles. The number of aryl methyl sites for hydroxylation is 1. The number of nitrogens with one attached hydrogen (secondary N) is 1. The monoisotopic (exact) mass is 316 g/mol. The van der Waals surface area contributed by atoms with Crippen molar-refractivity contribution < 1.29 is 9.53 Å². The predicted octanol–water partition coefficient (Wildman–Crippen LogP) is 2.76. The summed E-state index contributed by atoms with van der Waals surface area (Å²) in [5, 5.41) is 3.21. The molecule has 0 unspecified atom stereocenters. The zero-order valence-electron chi connectivity index (χ0n) is 14.5. The van der Waals surface area contributed by atoms with Gasteiger partial charge in [-0.15, -0.1) is 0 Å².